The average molecular weight is 166 g/mol. The van der Waals surface area contributed by atoms with Gasteiger partial charge in [-0.2, -0.15) is 0 Å². The van der Waals surface area contributed by atoms with Gasteiger partial charge in [0.1, 0.15) is 0 Å². The molecule has 0 aliphatic rings. The molecule has 58 valence electrons. The van der Waals surface area contributed by atoms with Crippen molar-refractivity contribution in [3.63, 3.8) is 0 Å². The van der Waals surface area contributed by atoms with Crippen LogP contribution in [-0.2, 0) is 9.36 Å². The van der Waals surface area contributed by atoms with E-state index < -0.39 is 19.2 Å². The molecule has 0 aliphatic heterocycles. The number of ketones is 1. The Hall–Kier alpha value is -0.480. The topological polar surface area (TPSA) is 94.8 Å². The van der Waals surface area contributed by atoms with Gasteiger partial charge in [0.15, 0.2) is 5.78 Å². The maximum atomic E-state index is 10.3. The van der Waals surface area contributed by atoms with E-state index in [-0.39, 0.29) is 0 Å². The maximum absolute atomic E-state index is 10.3. The van der Waals surface area contributed by atoms with Crippen molar-refractivity contribution in [3.8, 4) is 0 Å². The molecule has 0 amide bonds. The molecule has 0 fully saturated rings. The first-order valence-electron chi connectivity index (χ1n) is 2.29. The molecule has 3 N–H and O–H groups in total. The first-order chi connectivity index (χ1) is 4.39. The SMILES string of the molecule is C=CC(=O)C(O)P(=O)(O)O. The summed E-state index contributed by atoms with van der Waals surface area (Å²) < 4.78 is 10.1. The lowest BCUT2D eigenvalue weighted by Gasteiger charge is -2.07. The van der Waals surface area contributed by atoms with Gasteiger partial charge >= 0.3 is 7.60 Å². The molecule has 5 nitrogen and oxygen atoms in total. The molecular formula is C4H7O5P. The van der Waals surface area contributed by atoms with Crippen LogP contribution in [0.3, 0.4) is 0 Å². The minimum absolute atomic E-state index is 0.657. The van der Waals surface area contributed by atoms with Gasteiger partial charge in [-0.15, -0.1) is 0 Å². The van der Waals surface area contributed by atoms with Crippen LogP contribution >= 0.6 is 7.60 Å². The standard InChI is InChI=1S/C4H7O5P/c1-2-3(5)4(6)10(7,8)9/h2,4,6H,1H2,(H2,7,8,9). The van der Waals surface area contributed by atoms with E-state index >= 15 is 0 Å². The van der Waals surface area contributed by atoms with Crippen LogP contribution in [-0.4, -0.2) is 26.5 Å². The summed E-state index contributed by atoms with van der Waals surface area (Å²) in [6.45, 7) is 2.94. The van der Waals surface area contributed by atoms with E-state index in [2.05, 4.69) is 6.58 Å². The summed E-state index contributed by atoms with van der Waals surface area (Å²) in [5, 5.41) is 8.47. The molecule has 1 unspecified atom stereocenters. The maximum Gasteiger partial charge on any atom is 0.361 e. The largest absolute Gasteiger partial charge is 0.374 e. The molecule has 0 aromatic rings. The second-order valence-corrected chi connectivity index (χ2v) is 3.24. The fourth-order valence-corrected chi connectivity index (χ4v) is 0.708. The number of hydrogen-bond acceptors (Lipinski definition) is 3. The molecule has 0 saturated carbocycles. The third-order valence-electron chi connectivity index (χ3n) is 0.774. The van der Waals surface area contributed by atoms with E-state index in [1.54, 1.807) is 0 Å². The van der Waals surface area contributed by atoms with E-state index in [9.17, 15) is 9.36 Å². The molecule has 0 heterocycles. The summed E-state index contributed by atoms with van der Waals surface area (Å²) in [4.78, 5) is 26.7. The molecule has 0 aromatic heterocycles. The predicted molar refractivity (Wildman–Crippen MR) is 33.3 cm³/mol. The Bertz CT molecular complexity index is 192. The Kier molecular flexibility index (Phi) is 2.93. The summed E-state index contributed by atoms with van der Waals surface area (Å²) in [6.07, 6.45) is 0.657. The third-order valence-corrected chi connectivity index (χ3v) is 1.67. The lowest BCUT2D eigenvalue weighted by Crippen LogP contribution is -2.17. The fourth-order valence-electron chi connectivity index (χ4n) is 0.271. The summed E-state index contributed by atoms with van der Waals surface area (Å²) in [7, 11) is -4.69. The van der Waals surface area contributed by atoms with Crippen molar-refractivity contribution in [1.29, 1.82) is 0 Å². The van der Waals surface area contributed by atoms with E-state index in [4.69, 9.17) is 14.9 Å². The molecule has 0 bridgehead atoms. The highest BCUT2D eigenvalue weighted by Crippen LogP contribution is 2.39. The second-order valence-electron chi connectivity index (χ2n) is 1.57. The predicted octanol–water partition coefficient (Wildman–Crippen LogP) is -0.762. The Morgan fingerprint density at radius 1 is 1.60 bits per heavy atom. The minimum Gasteiger partial charge on any atom is -0.374 e. The molecule has 0 aliphatic carbocycles. The van der Waals surface area contributed by atoms with Crippen LogP contribution in [0.15, 0.2) is 12.7 Å². The molecule has 0 saturated heterocycles. The lowest BCUT2D eigenvalue weighted by molar-refractivity contribution is -0.119. The lowest BCUT2D eigenvalue weighted by atomic mass is 10.4. The first-order valence-corrected chi connectivity index (χ1v) is 3.97. The van der Waals surface area contributed by atoms with Crippen LogP contribution in [0.4, 0.5) is 0 Å². The van der Waals surface area contributed by atoms with E-state index in [1.165, 1.54) is 0 Å². The van der Waals surface area contributed by atoms with Crippen molar-refractivity contribution in [2.24, 2.45) is 0 Å². The summed E-state index contributed by atoms with van der Waals surface area (Å²) in [5.74, 6) is -3.33. The fraction of sp³-hybridized carbons (Fsp3) is 0.250. The van der Waals surface area contributed by atoms with Crippen molar-refractivity contribution in [3.05, 3.63) is 12.7 Å². The zero-order valence-electron chi connectivity index (χ0n) is 4.97. The van der Waals surface area contributed by atoms with Crippen LogP contribution in [0.1, 0.15) is 0 Å². The zero-order chi connectivity index (χ0) is 8.36. The van der Waals surface area contributed by atoms with Crippen molar-refractivity contribution in [2.45, 2.75) is 5.85 Å². The van der Waals surface area contributed by atoms with Crippen molar-refractivity contribution >= 4 is 13.4 Å². The van der Waals surface area contributed by atoms with Crippen LogP contribution in [0, 0.1) is 0 Å². The van der Waals surface area contributed by atoms with Gasteiger partial charge in [-0.05, 0) is 6.08 Å². The molecule has 1 atom stereocenters. The summed E-state index contributed by atoms with van der Waals surface area (Å²) in [6, 6.07) is 0. The Morgan fingerprint density at radius 2 is 2.00 bits per heavy atom. The van der Waals surface area contributed by atoms with Gasteiger partial charge in [0, 0.05) is 0 Å². The number of rotatable bonds is 3. The zero-order valence-corrected chi connectivity index (χ0v) is 5.86. The van der Waals surface area contributed by atoms with Gasteiger partial charge < -0.3 is 14.9 Å². The monoisotopic (exact) mass is 166 g/mol. The van der Waals surface area contributed by atoms with Gasteiger partial charge in [0.25, 0.3) is 0 Å². The highest BCUT2D eigenvalue weighted by Gasteiger charge is 2.31. The van der Waals surface area contributed by atoms with Crippen molar-refractivity contribution < 1.29 is 24.3 Å². The molecule has 0 radical (unpaired) electrons. The number of hydrogen-bond donors (Lipinski definition) is 3. The summed E-state index contributed by atoms with van der Waals surface area (Å²) in [5.41, 5.74) is 0. The van der Waals surface area contributed by atoms with Crippen molar-refractivity contribution in [2.75, 3.05) is 0 Å². The molecular weight excluding hydrogens is 159 g/mol. The van der Waals surface area contributed by atoms with Gasteiger partial charge in [-0.25, -0.2) is 0 Å². The number of carbonyl (C=O) groups is 1. The quantitative estimate of drug-likeness (QED) is 0.378. The Labute approximate surface area is 57.2 Å². The summed E-state index contributed by atoms with van der Waals surface area (Å²) >= 11 is 0. The smallest absolute Gasteiger partial charge is 0.361 e. The average Bonchev–Trinajstić information content (AvgIpc) is 1.83. The number of carbonyl (C=O) groups excluding carboxylic acids is 1. The molecule has 0 spiro atoms. The van der Waals surface area contributed by atoms with Crippen LogP contribution in [0.5, 0.6) is 0 Å². The van der Waals surface area contributed by atoms with Crippen molar-refractivity contribution in [1.82, 2.24) is 0 Å². The van der Waals surface area contributed by atoms with Crippen LogP contribution < -0.4 is 0 Å². The van der Waals surface area contributed by atoms with Gasteiger partial charge in [0.2, 0.25) is 5.85 Å². The highest BCUT2D eigenvalue weighted by atomic mass is 31.2. The molecule has 0 aromatic carbocycles. The van der Waals surface area contributed by atoms with E-state index in [0.29, 0.717) is 6.08 Å². The van der Waals surface area contributed by atoms with Gasteiger partial charge in [0.05, 0.1) is 0 Å². The molecule has 6 heteroatoms. The Morgan fingerprint density at radius 3 is 2.10 bits per heavy atom. The highest BCUT2D eigenvalue weighted by molar-refractivity contribution is 7.53. The Balaban J connectivity index is 4.37. The van der Waals surface area contributed by atoms with Gasteiger partial charge in [-0.3, -0.25) is 9.36 Å². The van der Waals surface area contributed by atoms with Crippen LogP contribution in [0.2, 0.25) is 0 Å². The normalized spacial score (nSPS) is 14.3. The first kappa shape index (κ1) is 9.52. The minimum atomic E-state index is -4.69. The number of aliphatic hydroxyl groups excluding tert-OH is 1. The molecule has 0 rings (SSSR count). The van der Waals surface area contributed by atoms with E-state index in [1.807, 2.05) is 0 Å². The van der Waals surface area contributed by atoms with Gasteiger partial charge in [-0.1, -0.05) is 6.58 Å². The second kappa shape index (κ2) is 3.07. The van der Waals surface area contributed by atoms with Crippen LogP contribution in [0.25, 0.3) is 0 Å². The molecule has 10 heavy (non-hydrogen) atoms. The number of aliphatic hydroxyl groups is 1. The van der Waals surface area contributed by atoms with E-state index in [0.717, 1.165) is 0 Å². The third kappa shape index (κ3) is 2.41.